The van der Waals surface area contributed by atoms with Crippen LogP contribution in [0.15, 0.2) is 18.2 Å². The molecule has 0 saturated carbocycles. The van der Waals surface area contributed by atoms with E-state index in [4.69, 9.17) is 35.4 Å². The summed E-state index contributed by atoms with van der Waals surface area (Å²) in [6, 6.07) is 5.24. The lowest BCUT2D eigenvalue weighted by Gasteiger charge is -2.13. The summed E-state index contributed by atoms with van der Waals surface area (Å²) in [6.07, 6.45) is 0. The molecule has 0 atom stereocenters. The molecule has 0 spiro atoms. The second-order valence-electron chi connectivity index (χ2n) is 3.85. The molecule has 1 aromatic carbocycles. The van der Waals surface area contributed by atoms with Gasteiger partial charge in [-0.25, -0.2) is 0 Å². The van der Waals surface area contributed by atoms with Crippen molar-refractivity contribution in [1.82, 2.24) is 5.32 Å². The van der Waals surface area contributed by atoms with Crippen LogP contribution < -0.4 is 10.6 Å². The van der Waals surface area contributed by atoms with E-state index in [1.807, 2.05) is 0 Å². The van der Waals surface area contributed by atoms with Gasteiger partial charge in [-0.2, -0.15) is 0 Å². The minimum atomic E-state index is 0.542. The Morgan fingerprint density at radius 2 is 2.06 bits per heavy atom. The number of rotatable bonds is 3. The van der Waals surface area contributed by atoms with Crippen LogP contribution in [0.5, 0.6) is 0 Å². The van der Waals surface area contributed by atoms with Crippen molar-refractivity contribution in [2.45, 2.75) is 13.8 Å². The first-order valence-corrected chi connectivity index (χ1v) is 6.15. The molecule has 0 aliphatic heterocycles. The highest BCUT2D eigenvalue weighted by atomic mass is 35.5. The molecule has 0 unspecified atom stereocenters. The summed E-state index contributed by atoms with van der Waals surface area (Å²) in [5, 5.41) is 7.86. The zero-order chi connectivity index (χ0) is 12.1. The van der Waals surface area contributed by atoms with Gasteiger partial charge in [0.1, 0.15) is 0 Å². The number of halogens is 2. The van der Waals surface area contributed by atoms with Gasteiger partial charge in [-0.3, -0.25) is 0 Å². The molecule has 0 saturated heterocycles. The summed E-state index contributed by atoms with van der Waals surface area (Å²) in [4.78, 5) is 0. The maximum atomic E-state index is 6.00. The number of hydrogen-bond acceptors (Lipinski definition) is 1. The van der Waals surface area contributed by atoms with Crippen molar-refractivity contribution in [1.29, 1.82) is 0 Å². The summed E-state index contributed by atoms with van der Waals surface area (Å²) in [6.45, 7) is 5.06. The Hall–Kier alpha value is -0.510. The first-order chi connectivity index (χ1) is 7.49. The standard InChI is InChI=1S/C11H14Cl2N2S/c1-7(2)6-14-11(16)15-10-4-3-8(12)5-9(10)13/h3-5,7H,6H2,1-2H3,(H2,14,15,16). The fraction of sp³-hybridized carbons (Fsp3) is 0.364. The maximum Gasteiger partial charge on any atom is 0.170 e. The number of nitrogens with one attached hydrogen (secondary N) is 2. The maximum absolute atomic E-state index is 6.00. The topological polar surface area (TPSA) is 24.1 Å². The van der Waals surface area contributed by atoms with Crippen LogP contribution in [0.3, 0.4) is 0 Å². The lowest BCUT2D eigenvalue weighted by atomic mass is 10.2. The van der Waals surface area contributed by atoms with Gasteiger partial charge in [-0.1, -0.05) is 37.0 Å². The van der Waals surface area contributed by atoms with Gasteiger partial charge in [-0.05, 0) is 36.3 Å². The Labute approximate surface area is 111 Å². The van der Waals surface area contributed by atoms with Crippen molar-refractivity contribution in [2.75, 3.05) is 11.9 Å². The molecule has 0 bridgehead atoms. The highest BCUT2D eigenvalue weighted by Gasteiger charge is 2.03. The van der Waals surface area contributed by atoms with Gasteiger partial charge in [0.25, 0.3) is 0 Å². The molecule has 88 valence electrons. The number of anilines is 1. The Morgan fingerprint density at radius 1 is 1.38 bits per heavy atom. The van der Waals surface area contributed by atoms with Crippen LogP contribution in [0.4, 0.5) is 5.69 Å². The number of benzene rings is 1. The fourth-order valence-electron chi connectivity index (χ4n) is 1.05. The third-order valence-electron chi connectivity index (χ3n) is 1.85. The minimum Gasteiger partial charge on any atom is -0.362 e. The Kier molecular flexibility index (Phi) is 5.32. The first kappa shape index (κ1) is 13.6. The number of hydrogen-bond donors (Lipinski definition) is 2. The number of thiocarbonyl (C=S) groups is 1. The molecule has 0 radical (unpaired) electrons. The third kappa shape index (κ3) is 4.56. The van der Waals surface area contributed by atoms with Crippen molar-refractivity contribution in [3.8, 4) is 0 Å². The molecule has 16 heavy (non-hydrogen) atoms. The SMILES string of the molecule is CC(C)CNC(=S)Nc1ccc(Cl)cc1Cl. The molecule has 0 amide bonds. The molecule has 2 N–H and O–H groups in total. The monoisotopic (exact) mass is 276 g/mol. The average Bonchev–Trinajstić information content (AvgIpc) is 2.19. The molecule has 0 aliphatic rings. The van der Waals surface area contributed by atoms with Gasteiger partial charge in [0, 0.05) is 11.6 Å². The largest absolute Gasteiger partial charge is 0.362 e. The second kappa shape index (κ2) is 6.28. The van der Waals surface area contributed by atoms with E-state index < -0.39 is 0 Å². The molecule has 0 aliphatic carbocycles. The van der Waals surface area contributed by atoms with E-state index in [-0.39, 0.29) is 0 Å². The van der Waals surface area contributed by atoms with E-state index in [9.17, 15) is 0 Å². The van der Waals surface area contributed by atoms with Crippen LogP contribution in [0.2, 0.25) is 10.0 Å². The van der Waals surface area contributed by atoms with E-state index >= 15 is 0 Å². The van der Waals surface area contributed by atoms with Gasteiger partial charge in [-0.15, -0.1) is 0 Å². The molecule has 0 heterocycles. The average molecular weight is 277 g/mol. The predicted octanol–water partition coefficient (Wildman–Crippen LogP) is 3.94. The van der Waals surface area contributed by atoms with Crippen LogP contribution in [0.1, 0.15) is 13.8 Å². The Bertz CT molecular complexity index is 380. The normalized spacial score (nSPS) is 10.3. The quantitative estimate of drug-likeness (QED) is 0.818. The molecular weight excluding hydrogens is 263 g/mol. The lowest BCUT2D eigenvalue weighted by molar-refractivity contribution is 0.627. The molecule has 2 nitrogen and oxygen atoms in total. The summed E-state index contributed by atoms with van der Waals surface area (Å²) in [7, 11) is 0. The van der Waals surface area contributed by atoms with Crippen molar-refractivity contribution in [2.24, 2.45) is 5.92 Å². The Morgan fingerprint density at radius 3 is 2.62 bits per heavy atom. The van der Waals surface area contributed by atoms with Crippen LogP contribution in [0, 0.1) is 5.92 Å². The zero-order valence-corrected chi connectivity index (χ0v) is 11.5. The highest BCUT2D eigenvalue weighted by molar-refractivity contribution is 7.80. The van der Waals surface area contributed by atoms with E-state index in [0.717, 1.165) is 12.2 Å². The minimum absolute atomic E-state index is 0.542. The van der Waals surface area contributed by atoms with E-state index in [1.165, 1.54) is 0 Å². The fourth-order valence-corrected chi connectivity index (χ4v) is 1.70. The van der Waals surface area contributed by atoms with Gasteiger partial charge in [0.15, 0.2) is 5.11 Å². The van der Waals surface area contributed by atoms with Crippen molar-refractivity contribution >= 4 is 46.2 Å². The van der Waals surface area contributed by atoms with E-state index in [2.05, 4.69) is 24.5 Å². The van der Waals surface area contributed by atoms with Crippen LogP contribution in [-0.2, 0) is 0 Å². The molecule has 0 fully saturated rings. The van der Waals surface area contributed by atoms with Crippen LogP contribution >= 0.6 is 35.4 Å². The van der Waals surface area contributed by atoms with E-state index in [0.29, 0.717) is 21.1 Å². The zero-order valence-electron chi connectivity index (χ0n) is 9.18. The molecule has 1 aromatic rings. The van der Waals surface area contributed by atoms with Crippen molar-refractivity contribution < 1.29 is 0 Å². The Balaban J connectivity index is 2.56. The lowest BCUT2D eigenvalue weighted by Crippen LogP contribution is -2.31. The molecular formula is C11H14Cl2N2S. The summed E-state index contributed by atoms with van der Waals surface area (Å²) < 4.78 is 0. The summed E-state index contributed by atoms with van der Waals surface area (Å²) in [5.74, 6) is 0.542. The van der Waals surface area contributed by atoms with Gasteiger partial charge in [0.05, 0.1) is 10.7 Å². The molecule has 1 rings (SSSR count). The van der Waals surface area contributed by atoms with Gasteiger partial charge in [0.2, 0.25) is 0 Å². The summed E-state index contributed by atoms with van der Waals surface area (Å²) >= 11 is 16.9. The first-order valence-electron chi connectivity index (χ1n) is 4.99. The predicted molar refractivity (Wildman–Crippen MR) is 75.5 cm³/mol. The van der Waals surface area contributed by atoms with Crippen LogP contribution in [-0.4, -0.2) is 11.7 Å². The smallest absolute Gasteiger partial charge is 0.170 e. The third-order valence-corrected chi connectivity index (χ3v) is 2.64. The van der Waals surface area contributed by atoms with Gasteiger partial charge >= 0.3 is 0 Å². The second-order valence-corrected chi connectivity index (χ2v) is 5.10. The van der Waals surface area contributed by atoms with Crippen LogP contribution in [0.25, 0.3) is 0 Å². The van der Waals surface area contributed by atoms with Crippen molar-refractivity contribution in [3.63, 3.8) is 0 Å². The summed E-state index contributed by atoms with van der Waals surface area (Å²) in [5.41, 5.74) is 0.757. The van der Waals surface area contributed by atoms with E-state index in [1.54, 1.807) is 18.2 Å². The highest BCUT2D eigenvalue weighted by Crippen LogP contribution is 2.25. The van der Waals surface area contributed by atoms with Crippen molar-refractivity contribution in [3.05, 3.63) is 28.2 Å². The van der Waals surface area contributed by atoms with Gasteiger partial charge < -0.3 is 10.6 Å². The molecule has 0 aromatic heterocycles. The molecule has 5 heteroatoms.